The molecule has 0 bridgehead atoms. The first-order valence-electron chi connectivity index (χ1n) is 10.5. The molecule has 4 rings (SSSR count). The van der Waals surface area contributed by atoms with Gasteiger partial charge in [0.1, 0.15) is 5.75 Å². The predicted octanol–water partition coefficient (Wildman–Crippen LogP) is 2.38. The maximum atomic E-state index is 13.6. The second-order valence-corrected chi connectivity index (χ2v) is 9.86. The quantitative estimate of drug-likeness (QED) is 0.566. The molecule has 188 valence electrons. The summed E-state index contributed by atoms with van der Waals surface area (Å²) >= 11 is 0. The summed E-state index contributed by atoms with van der Waals surface area (Å²) in [5, 5.41) is 21.7. The Labute approximate surface area is 203 Å². The number of hydrogen-bond donors (Lipinski definition) is 1. The molecule has 1 heterocycles. The van der Waals surface area contributed by atoms with E-state index in [0.717, 1.165) is 47.4 Å². The van der Waals surface area contributed by atoms with Crippen LogP contribution in [0.3, 0.4) is 0 Å². The molecule has 1 amide bonds. The number of carbonyl (C=O) groups excluding carboxylic acids is 2. The first kappa shape index (κ1) is 25.2. The molecule has 12 heteroatoms. The fraction of sp³-hybridized carbons (Fsp3) is 0.167. The molecular formula is C24H18F3N2O6S-. The summed E-state index contributed by atoms with van der Waals surface area (Å²) in [5.41, 5.74) is -1.67. The zero-order valence-corrected chi connectivity index (χ0v) is 19.2. The summed E-state index contributed by atoms with van der Waals surface area (Å²) in [6, 6.07) is 12.4. The van der Waals surface area contributed by atoms with Crippen LogP contribution in [0, 0.1) is 0 Å². The van der Waals surface area contributed by atoms with Gasteiger partial charge >= 0.3 is 6.18 Å². The standard InChI is InChI=1S/C24H19F3N2O6S/c25-24(26,27)19-7-3-2-6-18(19)22(31)28-14-21(23(32)33)29(13-15-5-1-4-8-20(15)28)36(34,35)17-11-9-16(30)10-12-17/h1-12,21,30H,13-14H2,(H,32,33)/p-1. The molecule has 0 aromatic heterocycles. The van der Waals surface area contributed by atoms with Crippen molar-refractivity contribution in [3.63, 3.8) is 0 Å². The van der Waals surface area contributed by atoms with Gasteiger partial charge < -0.3 is 19.9 Å². The minimum absolute atomic E-state index is 0.0640. The van der Waals surface area contributed by atoms with Crippen LogP contribution in [0.1, 0.15) is 21.5 Å². The van der Waals surface area contributed by atoms with Crippen LogP contribution in [-0.4, -0.2) is 42.3 Å². The summed E-state index contributed by atoms with van der Waals surface area (Å²) in [6.07, 6.45) is -4.86. The molecule has 8 nitrogen and oxygen atoms in total. The fourth-order valence-electron chi connectivity index (χ4n) is 4.00. The predicted molar refractivity (Wildman–Crippen MR) is 119 cm³/mol. The van der Waals surface area contributed by atoms with E-state index in [1.54, 1.807) is 0 Å². The van der Waals surface area contributed by atoms with E-state index in [1.807, 2.05) is 0 Å². The molecule has 36 heavy (non-hydrogen) atoms. The highest BCUT2D eigenvalue weighted by molar-refractivity contribution is 7.89. The molecule has 3 aromatic rings. The molecule has 0 radical (unpaired) electrons. The number of alkyl halides is 3. The van der Waals surface area contributed by atoms with Gasteiger partial charge in [0.05, 0.1) is 28.0 Å². The minimum Gasteiger partial charge on any atom is -0.548 e. The number of carboxylic acids is 1. The van der Waals surface area contributed by atoms with E-state index in [9.17, 15) is 41.4 Å². The first-order valence-corrected chi connectivity index (χ1v) is 11.9. The first-order chi connectivity index (χ1) is 16.9. The molecule has 0 saturated heterocycles. The molecule has 1 N–H and O–H groups in total. The van der Waals surface area contributed by atoms with Crippen LogP contribution in [0.25, 0.3) is 0 Å². The highest BCUT2D eigenvalue weighted by Gasteiger charge is 2.41. The Bertz CT molecular complexity index is 1420. The Morgan fingerprint density at radius 2 is 1.56 bits per heavy atom. The number of carbonyl (C=O) groups is 2. The average molecular weight is 519 g/mol. The number of halogens is 3. The zero-order valence-electron chi connectivity index (χ0n) is 18.3. The van der Waals surface area contributed by atoms with Crippen molar-refractivity contribution in [3.8, 4) is 5.75 Å². The number of phenols is 1. The molecule has 1 aliphatic heterocycles. The Hall–Kier alpha value is -3.90. The van der Waals surface area contributed by atoms with Crippen molar-refractivity contribution in [2.24, 2.45) is 0 Å². The van der Waals surface area contributed by atoms with Gasteiger partial charge in [-0.1, -0.05) is 30.3 Å². The third-order valence-electron chi connectivity index (χ3n) is 5.74. The second-order valence-electron chi connectivity index (χ2n) is 7.97. The fourth-order valence-corrected chi connectivity index (χ4v) is 5.55. The highest BCUT2D eigenvalue weighted by Crippen LogP contribution is 2.36. The molecule has 0 aliphatic carbocycles. The van der Waals surface area contributed by atoms with Crippen molar-refractivity contribution in [3.05, 3.63) is 89.5 Å². The Morgan fingerprint density at radius 3 is 2.19 bits per heavy atom. The molecule has 0 fully saturated rings. The largest absolute Gasteiger partial charge is 0.548 e. The maximum absolute atomic E-state index is 13.6. The molecule has 0 spiro atoms. The van der Waals surface area contributed by atoms with E-state index < -0.39 is 58.3 Å². The van der Waals surface area contributed by atoms with Gasteiger partial charge in [-0.3, -0.25) is 4.79 Å². The van der Waals surface area contributed by atoms with Gasteiger partial charge in [0, 0.05) is 18.8 Å². The van der Waals surface area contributed by atoms with Crippen LogP contribution >= 0.6 is 0 Å². The van der Waals surface area contributed by atoms with Crippen LogP contribution in [0.2, 0.25) is 0 Å². The van der Waals surface area contributed by atoms with Crippen LogP contribution in [0.5, 0.6) is 5.75 Å². The average Bonchev–Trinajstić information content (AvgIpc) is 3.01. The van der Waals surface area contributed by atoms with E-state index in [1.165, 1.54) is 30.3 Å². The van der Waals surface area contributed by atoms with E-state index in [4.69, 9.17) is 0 Å². The lowest BCUT2D eigenvalue weighted by molar-refractivity contribution is -0.310. The topological polar surface area (TPSA) is 118 Å². The van der Waals surface area contributed by atoms with Gasteiger partial charge in [0.15, 0.2) is 0 Å². The van der Waals surface area contributed by atoms with Crippen molar-refractivity contribution >= 4 is 27.6 Å². The highest BCUT2D eigenvalue weighted by atomic mass is 32.2. The van der Waals surface area contributed by atoms with Crippen LogP contribution < -0.4 is 10.0 Å². The number of rotatable bonds is 4. The van der Waals surface area contributed by atoms with Crippen molar-refractivity contribution < 1.29 is 41.4 Å². The number of hydrogen-bond acceptors (Lipinski definition) is 6. The number of para-hydroxylation sites is 1. The van der Waals surface area contributed by atoms with Gasteiger partial charge in [-0.15, -0.1) is 0 Å². The maximum Gasteiger partial charge on any atom is 0.417 e. The number of sulfonamides is 1. The molecule has 1 unspecified atom stereocenters. The normalized spacial score (nSPS) is 16.8. The van der Waals surface area contributed by atoms with Gasteiger partial charge in [0.2, 0.25) is 10.0 Å². The van der Waals surface area contributed by atoms with Gasteiger partial charge in [-0.2, -0.15) is 17.5 Å². The van der Waals surface area contributed by atoms with Gasteiger partial charge in [-0.25, -0.2) is 8.42 Å². The summed E-state index contributed by atoms with van der Waals surface area (Å²) in [7, 11) is -4.50. The molecule has 1 atom stereocenters. The summed E-state index contributed by atoms with van der Waals surface area (Å²) in [5.74, 6) is -3.20. The van der Waals surface area contributed by atoms with Gasteiger partial charge in [-0.05, 0) is 48.0 Å². The SMILES string of the molecule is O=C([O-])C1CN(C(=O)c2ccccc2C(F)(F)F)c2ccccc2CN1S(=O)(=O)c1ccc(O)cc1. The molecular weight excluding hydrogens is 501 g/mol. The molecule has 3 aromatic carbocycles. The number of carboxylic acid groups (broad SMARTS) is 1. The minimum atomic E-state index is -4.86. The van der Waals surface area contributed by atoms with E-state index in [0.29, 0.717) is 4.31 Å². The van der Waals surface area contributed by atoms with Crippen LogP contribution in [-0.2, 0) is 27.5 Å². The monoisotopic (exact) mass is 519 g/mol. The summed E-state index contributed by atoms with van der Waals surface area (Å²) in [4.78, 5) is 26.1. The number of aliphatic carboxylic acids is 1. The number of phenolic OH excluding ortho intramolecular Hbond substituents is 1. The summed E-state index contributed by atoms with van der Waals surface area (Å²) in [6.45, 7) is -1.30. The van der Waals surface area contributed by atoms with Crippen molar-refractivity contribution in [1.82, 2.24) is 4.31 Å². The summed E-state index contributed by atoms with van der Waals surface area (Å²) < 4.78 is 68.3. The van der Waals surface area contributed by atoms with Gasteiger partial charge in [0.25, 0.3) is 5.91 Å². The second kappa shape index (κ2) is 9.28. The number of fused-ring (bicyclic) bond motifs is 1. The zero-order chi connectivity index (χ0) is 26.3. The Morgan fingerprint density at radius 1 is 0.944 bits per heavy atom. The van der Waals surface area contributed by atoms with E-state index in [-0.39, 0.29) is 21.9 Å². The number of nitrogens with zero attached hydrogens (tertiary/aromatic N) is 2. The van der Waals surface area contributed by atoms with E-state index >= 15 is 0 Å². The molecule has 1 aliphatic rings. The number of benzene rings is 3. The number of aromatic hydroxyl groups is 1. The Balaban J connectivity index is 1.85. The van der Waals surface area contributed by atoms with Crippen LogP contribution in [0.15, 0.2) is 77.7 Å². The number of anilines is 1. The molecule has 0 saturated carbocycles. The number of amides is 1. The third kappa shape index (κ3) is 4.64. The van der Waals surface area contributed by atoms with Crippen molar-refractivity contribution in [2.75, 3.05) is 11.4 Å². The smallest absolute Gasteiger partial charge is 0.417 e. The Kier molecular flexibility index (Phi) is 6.50. The third-order valence-corrected chi connectivity index (χ3v) is 7.60. The lowest BCUT2D eigenvalue weighted by Crippen LogP contribution is -2.54. The lowest BCUT2D eigenvalue weighted by Gasteiger charge is -2.32. The van der Waals surface area contributed by atoms with Crippen molar-refractivity contribution in [2.45, 2.75) is 23.7 Å². The van der Waals surface area contributed by atoms with Crippen molar-refractivity contribution in [1.29, 1.82) is 0 Å². The lowest BCUT2D eigenvalue weighted by atomic mass is 10.0. The van der Waals surface area contributed by atoms with Crippen LogP contribution in [0.4, 0.5) is 18.9 Å². The van der Waals surface area contributed by atoms with E-state index in [2.05, 4.69) is 0 Å².